The molecule has 150 valence electrons. The van der Waals surface area contributed by atoms with E-state index in [1.165, 1.54) is 18.2 Å². The van der Waals surface area contributed by atoms with E-state index >= 15 is 0 Å². The smallest absolute Gasteiger partial charge is 0.416 e. The number of nitro groups is 1. The van der Waals surface area contributed by atoms with Gasteiger partial charge in [-0.1, -0.05) is 18.2 Å². The summed E-state index contributed by atoms with van der Waals surface area (Å²) in [6.45, 7) is 1.66. The summed E-state index contributed by atoms with van der Waals surface area (Å²) >= 11 is 0. The van der Waals surface area contributed by atoms with Crippen molar-refractivity contribution in [3.63, 3.8) is 0 Å². The first-order valence-electron chi connectivity index (χ1n) is 8.40. The van der Waals surface area contributed by atoms with Gasteiger partial charge in [0.15, 0.2) is 0 Å². The Hall–Kier alpha value is -3.69. The molecular weight excluding hydrogens is 391 g/mol. The molecule has 7 nitrogen and oxygen atoms in total. The number of ether oxygens (including phenoxy) is 1. The lowest BCUT2D eigenvalue weighted by Gasteiger charge is -2.15. The van der Waals surface area contributed by atoms with Crippen molar-refractivity contribution in [2.75, 3.05) is 11.9 Å². The summed E-state index contributed by atoms with van der Waals surface area (Å²) < 4.78 is 44.0. The number of hydrogen-bond acceptors (Lipinski definition) is 6. The molecule has 0 unspecified atom stereocenters. The number of fused-ring (bicyclic) bond motifs is 1. The Bertz CT molecular complexity index is 1100. The molecule has 0 saturated heterocycles. The molecule has 10 heteroatoms. The maximum atomic E-state index is 13.0. The Morgan fingerprint density at radius 2 is 1.97 bits per heavy atom. The quantitative estimate of drug-likeness (QED) is 0.361. The van der Waals surface area contributed by atoms with E-state index in [0.717, 1.165) is 24.4 Å². The molecule has 0 spiro atoms. The molecular formula is C19H14F3N3O4. The second-order valence-electron chi connectivity index (χ2n) is 5.90. The first-order valence-corrected chi connectivity index (χ1v) is 8.40. The van der Waals surface area contributed by atoms with E-state index < -0.39 is 22.6 Å². The summed E-state index contributed by atoms with van der Waals surface area (Å²) in [5, 5.41) is 14.3. The topological polar surface area (TPSA) is 94.4 Å². The molecule has 3 aromatic rings. The van der Waals surface area contributed by atoms with Crippen LogP contribution in [-0.4, -0.2) is 22.5 Å². The zero-order valence-corrected chi connectivity index (χ0v) is 15.0. The van der Waals surface area contributed by atoms with Gasteiger partial charge in [0, 0.05) is 17.6 Å². The lowest BCUT2D eigenvalue weighted by atomic mass is 10.1. The van der Waals surface area contributed by atoms with Crippen LogP contribution >= 0.6 is 0 Å². The Morgan fingerprint density at radius 1 is 1.24 bits per heavy atom. The Labute approximate surface area is 162 Å². The van der Waals surface area contributed by atoms with Gasteiger partial charge in [-0.2, -0.15) is 13.2 Å². The molecule has 2 aromatic carbocycles. The van der Waals surface area contributed by atoms with Crippen LogP contribution in [0.2, 0.25) is 0 Å². The van der Waals surface area contributed by atoms with Crippen molar-refractivity contribution in [2.45, 2.75) is 13.1 Å². The Morgan fingerprint density at radius 3 is 2.62 bits per heavy atom. The molecule has 1 aromatic heterocycles. The molecule has 0 aliphatic heterocycles. The van der Waals surface area contributed by atoms with Gasteiger partial charge in [-0.15, -0.1) is 0 Å². The predicted octanol–water partition coefficient (Wildman–Crippen LogP) is 5.08. The minimum atomic E-state index is -4.57. The van der Waals surface area contributed by atoms with E-state index in [0.29, 0.717) is 0 Å². The van der Waals surface area contributed by atoms with Crippen molar-refractivity contribution in [1.82, 2.24) is 4.98 Å². The number of nitrogens with zero attached hydrogens (tertiary/aromatic N) is 2. The highest BCUT2D eigenvalue weighted by molar-refractivity contribution is 6.06. The number of esters is 1. The second kappa shape index (κ2) is 7.74. The largest absolute Gasteiger partial charge is 0.462 e. The fourth-order valence-electron chi connectivity index (χ4n) is 2.74. The van der Waals surface area contributed by atoms with Gasteiger partial charge < -0.3 is 10.1 Å². The molecule has 0 fully saturated rings. The number of anilines is 2. The SMILES string of the molecule is CCOC(=O)c1cnc2cc(C(F)(F)F)ccc2c1Nc1ccccc1[N+](=O)[O-]. The van der Waals surface area contributed by atoms with Gasteiger partial charge in [-0.3, -0.25) is 15.1 Å². The predicted molar refractivity (Wildman–Crippen MR) is 99.1 cm³/mol. The normalized spacial score (nSPS) is 11.3. The number of aromatic nitrogens is 1. The van der Waals surface area contributed by atoms with Gasteiger partial charge in [0.2, 0.25) is 0 Å². The third-order valence-corrected chi connectivity index (χ3v) is 4.05. The first-order chi connectivity index (χ1) is 13.7. The van der Waals surface area contributed by atoms with E-state index in [1.54, 1.807) is 13.0 Å². The van der Waals surface area contributed by atoms with Crippen molar-refractivity contribution >= 4 is 33.9 Å². The highest BCUT2D eigenvalue weighted by Crippen LogP contribution is 2.36. The highest BCUT2D eigenvalue weighted by Gasteiger charge is 2.31. The van der Waals surface area contributed by atoms with Crippen molar-refractivity contribution in [2.24, 2.45) is 0 Å². The molecule has 29 heavy (non-hydrogen) atoms. The van der Waals surface area contributed by atoms with Gasteiger partial charge in [-0.25, -0.2) is 4.79 Å². The van der Waals surface area contributed by atoms with Gasteiger partial charge in [0.1, 0.15) is 11.3 Å². The average molecular weight is 405 g/mol. The molecule has 0 aliphatic rings. The summed E-state index contributed by atoms with van der Waals surface area (Å²) in [5.74, 6) is -0.761. The number of para-hydroxylation sites is 2. The molecule has 0 bridgehead atoms. The third-order valence-electron chi connectivity index (χ3n) is 4.05. The molecule has 0 amide bonds. The number of halogens is 3. The minimum absolute atomic E-state index is 0.0334. The molecule has 0 aliphatic carbocycles. The van der Waals surface area contributed by atoms with Crippen LogP contribution in [-0.2, 0) is 10.9 Å². The van der Waals surface area contributed by atoms with Gasteiger partial charge >= 0.3 is 12.1 Å². The molecule has 1 N–H and O–H groups in total. The zero-order valence-electron chi connectivity index (χ0n) is 15.0. The van der Waals surface area contributed by atoms with Crippen LogP contribution in [0.25, 0.3) is 10.9 Å². The summed E-state index contributed by atoms with van der Waals surface area (Å²) in [7, 11) is 0. The van der Waals surface area contributed by atoms with E-state index in [2.05, 4.69) is 10.3 Å². The maximum absolute atomic E-state index is 13.0. The number of nitrogens with one attached hydrogen (secondary N) is 1. The third kappa shape index (κ3) is 4.10. The first kappa shape index (κ1) is 20.1. The molecule has 3 rings (SSSR count). The van der Waals surface area contributed by atoms with E-state index in [1.807, 2.05) is 0 Å². The van der Waals surface area contributed by atoms with Crippen LogP contribution in [0.15, 0.2) is 48.7 Å². The van der Waals surface area contributed by atoms with Crippen LogP contribution < -0.4 is 5.32 Å². The van der Waals surface area contributed by atoms with Crippen molar-refractivity contribution < 1.29 is 27.6 Å². The summed E-state index contributed by atoms with van der Waals surface area (Å²) in [6, 6.07) is 8.55. The lowest BCUT2D eigenvalue weighted by molar-refractivity contribution is -0.383. The van der Waals surface area contributed by atoms with E-state index in [4.69, 9.17) is 4.74 Å². The van der Waals surface area contributed by atoms with Crippen molar-refractivity contribution in [3.05, 3.63) is 69.9 Å². The number of carbonyl (C=O) groups excluding carboxylic acids is 1. The second-order valence-corrected chi connectivity index (χ2v) is 5.90. The van der Waals surface area contributed by atoms with Crippen molar-refractivity contribution in [1.29, 1.82) is 0 Å². The fraction of sp³-hybridized carbons (Fsp3) is 0.158. The van der Waals surface area contributed by atoms with Crippen LogP contribution in [0, 0.1) is 10.1 Å². The van der Waals surface area contributed by atoms with Crippen LogP contribution in [0.3, 0.4) is 0 Å². The van der Waals surface area contributed by atoms with Gasteiger partial charge in [-0.05, 0) is 25.1 Å². The number of rotatable bonds is 5. The average Bonchev–Trinajstić information content (AvgIpc) is 2.67. The molecule has 1 heterocycles. The number of carbonyl (C=O) groups is 1. The Kier molecular flexibility index (Phi) is 5.35. The summed E-state index contributed by atoms with van der Waals surface area (Å²) in [5.41, 5.74) is -1.13. The zero-order chi connectivity index (χ0) is 21.2. The van der Waals surface area contributed by atoms with Crippen LogP contribution in [0.4, 0.5) is 30.2 Å². The van der Waals surface area contributed by atoms with Gasteiger partial charge in [0.25, 0.3) is 5.69 Å². The molecule has 0 radical (unpaired) electrons. The summed E-state index contributed by atoms with van der Waals surface area (Å²) in [4.78, 5) is 26.9. The number of benzene rings is 2. The number of nitro benzene ring substituents is 1. The lowest BCUT2D eigenvalue weighted by Crippen LogP contribution is -2.10. The fourth-order valence-corrected chi connectivity index (χ4v) is 2.74. The standard InChI is InChI=1S/C19H14F3N3O4/c1-2-29-18(26)13-10-23-15-9-11(19(20,21)22)7-8-12(15)17(13)24-14-5-3-4-6-16(14)25(27)28/h3-10H,2H2,1H3,(H,23,24). The monoisotopic (exact) mass is 405 g/mol. The summed E-state index contributed by atoms with van der Waals surface area (Å²) in [6.07, 6.45) is -3.49. The van der Waals surface area contributed by atoms with E-state index in [-0.39, 0.29) is 40.1 Å². The van der Waals surface area contributed by atoms with Crippen molar-refractivity contribution in [3.8, 4) is 0 Å². The van der Waals surface area contributed by atoms with E-state index in [9.17, 15) is 28.1 Å². The Balaban J connectivity index is 2.22. The number of hydrogen-bond donors (Lipinski definition) is 1. The highest BCUT2D eigenvalue weighted by atomic mass is 19.4. The van der Waals surface area contributed by atoms with Crippen LogP contribution in [0.5, 0.6) is 0 Å². The molecule has 0 atom stereocenters. The van der Waals surface area contributed by atoms with Crippen LogP contribution in [0.1, 0.15) is 22.8 Å². The number of alkyl halides is 3. The molecule has 0 saturated carbocycles. The number of pyridine rings is 1. The van der Waals surface area contributed by atoms with Gasteiger partial charge in [0.05, 0.1) is 28.3 Å². The maximum Gasteiger partial charge on any atom is 0.416 e. The minimum Gasteiger partial charge on any atom is -0.462 e.